The zero-order valence-corrected chi connectivity index (χ0v) is 15.3. The van der Waals surface area contributed by atoms with Crippen LogP contribution in [0.4, 0.5) is 4.79 Å². The zero-order valence-electron chi connectivity index (χ0n) is 13.0. The van der Waals surface area contributed by atoms with Gasteiger partial charge in [0.25, 0.3) is 0 Å². The van der Waals surface area contributed by atoms with Crippen molar-refractivity contribution in [2.45, 2.75) is 13.3 Å². The van der Waals surface area contributed by atoms with Gasteiger partial charge in [-0.15, -0.1) is 0 Å². The molecule has 2 N–H and O–H groups in total. The molecule has 0 unspecified atom stereocenters. The van der Waals surface area contributed by atoms with Gasteiger partial charge in [-0.25, -0.2) is 9.78 Å². The van der Waals surface area contributed by atoms with E-state index in [9.17, 15) is 4.79 Å². The van der Waals surface area contributed by atoms with Gasteiger partial charge in [0.1, 0.15) is 6.61 Å². The first kappa shape index (κ1) is 20.4. The fourth-order valence-electron chi connectivity index (χ4n) is 1.71. The van der Waals surface area contributed by atoms with Gasteiger partial charge in [0, 0.05) is 24.0 Å². The summed E-state index contributed by atoms with van der Waals surface area (Å²) in [5.74, 6) is 0.314. The molecule has 0 saturated carbocycles. The number of hydrogen-bond donors (Lipinski definition) is 2. The monoisotopic (exact) mass is 393 g/mol. The molecule has 2 aromatic rings. The molecular weight excluding hydrogens is 377 g/mol. The first-order chi connectivity index (χ1) is 11.5. The molecule has 132 valence electrons. The Morgan fingerprint density at radius 2 is 1.96 bits per heavy atom. The molecule has 0 radical (unpaired) electrons. The topological polar surface area (TPSA) is 78.5 Å². The lowest BCUT2D eigenvalue weighted by Gasteiger charge is -2.19. The molecule has 1 amide bonds. The van der Waals surface area contributed by atoms with E-state index in [1.54, 1.807) is 18.7 Å². The lowest BCUT2D eigenvalue weighted by Crippen LogP contribution is -2.34. The fourth-order valence-corrected chi connectivity index (χ4v) is 2.64. The minimum Gasteiger partial charge on any atom is -0.489 e. The first-order valence-corrected chi connectivity index (χ1v) is 8.27. The maximum absolute atomic E-state index is 10.9. The lowest BCUT2D eigenvalue weighted by molar-refractivity contribution is 0.135. The largest absolute Gasteiger partial charge is 0.489 e. The first-order valence-electron chi connectivity index (χ1n) is 7.13. The van der Waals surface area contributed by atoms with Crippen molar-refractivity contribution in [3.63, 3.8) is 0 Å². The van der Waals surface area contributed by atoms with Crippen molar-refractivity contribution in [3.05, 3.63) is 45.9 Å². The second-order valence-corrected chi connectivity index (χ2v) is 5.83. The Morgan fingerprint density at radius 1 is 1.29 bits per heavy atom. The molecule has 0 aliphatic carbocycles. The predicted molar refractivity (Wildman–Crippen MR) is 95.4 cm³/mol. The number of rotatable bonds is 6. The Hall–Kier alpha value is -1.63. The van der Waals surface area contributed by atoms with Gasteiger partial charge in [0.15, 0.2) is 5.75 Å². The van der Waals surface area contributed by atoms with E-state index in [4.69, 9.17) is 44.6 Å². The summed E-state index contributed by atoms with van der Waals surface area (Å²) in [6, 6.07) is 3.04. The maximum Gasteiger partial charge on any atom is 0.407 e. The van der Waals surface area contributed by atoms with E-state index in [2.05, 4.69) is 9.97 Å². The van der Waals surface area contributed by atoms with E-state index < -0.39 is 6.09 Å². The Kier molecular flexibility index (Phi) is 9.37. The average Bonchev–Trinajstić information content (AvgIpc) is 3.08. The van der Waals surface area contributed by atoms with Crippen LogP contribution in [0, 0.1) is 0 Å². The maximum atomic E-state index is 10.9. The Morgan fingerprint density at radius 3 is 2.38 bits per heavy atom. The van der Waals surface area contributed by atoms with E-state index in [1.165, 1.54) is 17.0 Å². The van der Waals surface area contributed by atoms with Gasteiger partial charge >= 0.3 is 6.09 Å². The van der Waals surface area contributed by atoms with Crippen molar-refractivity contribution in [2.75, 3.05) is 19.7 Å². The number of hydrogen-bond acceptors (Lipinski definition) is 3. The molecule has 1 heterocycles. The molecule has 24 heavy (non-hydrogen) atoms. The molecule has 1 aromatic carbocycles. The zero-order chi connectivity index (χ0) is 17.9. The molecule has 2 rings (SSSR count). The summed E-state index contributed by atoms with van der Waals surface area (Å²) in [6.45, 7) is 2.79. The highest BCUT2D eigenvalue weighted by molar-refractivity contribution is 6.40. The summed E-state index contributed by atoms with van der Waals surface area (Å²) in [6.07, 6.45) is 4.85. The minimum atomic E-state index is -0.973. The molecular formula is C15H18Cl3N3O3. The Labute approximate surface area is 155 Å². The van der Waals surface area contributed by atoms with Gasteiger partial charge < -0.3 is 19.7 Å². The summed E-state index contributed by atoms with van der Waals surface area (Å²) in [5.41, 5.74) is 0. The predicted octanol–water partition coefficient (Wildman–Crippen LogP) is 4.83. The molecule has 0 fully saturated rings. The second kappa shape index (κ2) is 11.0. The molecule has 0 saturated heterocycles. The van der Waals surface area contributed by atoms with Crippen LogP contribution in [0.2, 0.25) is 15.1 Å². The smallest absolute Gasteiger partial charge is 0.407 e. The fraction of sp³-hybridized carbons (Fsp3) is 0.333. The van der Waals surface area contributed by atoms with E-state index in [0.717, 1.165) is 6.42 Å². The summed E-state index contributed by atoms with van der Waals surface area (Å²) >= 11 is 17.7. The number of carbonyl (C=O) groups is 1. The minimum absolute atomic E-state index is 0.174. The third-order valence-corrected chi connectivity index (χ3v) is 3.52. The van der Waals surface area contributed by atoms with Crippen molar-refractivity contribution in [3.8, 4) is 5.75 Å². The van der Waals surface area contributed by atoms with E-state index in [-0.39, 0.29) is 13.2 Å². The normalized spacial score (nSPS) is 9.83. The summed E-state index contributed by atoms with van der Waals surface area (Å²) < 4.78 is 5.42. The third-order valence-electron chi connectivity index (χ3n) is 2.74. The van der Waals surface area contributed by atoms with Gasteiger partial charge in [-0.3, -0.25) is 0 Å². The highest BCUT2D eigenvalue weighted by Crippen LogP contribution is 2.35. The van der Waals surface area contributed by atoms with Crippen molar-refractivity contribution < 1.29 is 14.6 Å². The molecule has 0 bridgehead atoms. The van der Waals surface area contributed by atoms with Crippen LogP contribution in [-0.4, -0.2) is 45.8 Å². The molecule has 6 nitrogen and oxygen atoms in total. The Bertz CT molecular complexity index is 583. The molecule has 1 aromatic heterocycles. The lowest BCUT2D eigenvalue weighted by atomic mass is 10.3. The van der Waals surface area contributed by atoms with E-state index >= 15 is 0 Å². The molecule has 9 heteroatoms. The van der Waals surface area contributed by atoms with Crippen LogP contribution in [0.5, 0.6) is 5.75 Å². The van der Waals surface area contributed by atoms with Crippen LogP contribution in [0.15, 0.2) is 30.9 Å². The summed E-state index contributed by atoms with van der Waals surface area (Å²) in [4.78, 5) is 18.6. The van der Waals surface area contributed by atoms with Gasteiger partial charge in [0.2, 0.25) is 0 Å². The van der Waals surface area contributed by atoms with E-state index in [0.29, 0.717) is 27.4 Å². The number of aromatic nitrogens is 2. The number of imidazole rings is 1. The van der Waals surface area contributed by atoms with Crippen LogP contribution in [0.25, 0.3) is 0 Å². The van der Waals surface area contributed by atoms with Crippen LogP contribution >= 0.6 is 34.8 Å². The van der Waals surface area contributed by atoms with Gasteiger partial charge in [-0.05, 0) is 18.6 Å². The number of nitrogens with zero attached hydrogens (tertiary/aromatic N) is 2. The Balaban J connectivity index is 0.000000488. The van der Waals surface area contributed by atoms with Crippen molar-refractivity contribution in [1.82, 2.24) is 14.9 Å². The number of aromatic amines is 1. The number of benzene rings is 1. The number of amides is 1. The van der Waals surface area contributed by atoms with Crippen molar-refractivity contribution in [2.24, 2.45) is 0 Å². The number of ether oxygens (including phenoxy) is 1. The number of halogens is 3. The van der Waals surface area contributed by atoms with Crippen molar-refractivity contribution >= 4 is 40.9 Å². The van der Waals surface area contributed by atoms with Crippen LogP contribution in [-0.2, 0) is 0 Å². The van der Waals surface area contributed by atoms with Crippen LogP contribution < -0.4 is 4.74 Å². The van der Waals surface area contributed by atoms with Crippen molar-refractivity contribution in [1.29, 1.82) is 0 Å². The number of carboxylic acid groups (broad SMARTS) is 1. The quantitative estimate of drug-likeness (QED) is 0.736. The molecule has 0 spiro atoms. The van der Waals surface area contributed by atoms with Gasteiger partial charge in [-0.1, -0.05) is 41.7 Å². The standard InChI is InChI=1S/C12H14Cl3NO3.C3H4N2/c1-2-3-16(12(17)18)4-5-19-11-9(14)6-8(13)7-10(11)15;1-2-5-3-4-1/h6-7H,2-5H2,1H3,(H,17,18);1-3H,(H,4,5). The molecule has 0 atom stereocenters. The molecule has 0 aliphatic rings. The molecule has 0 aliphatic heterocycles. The summed E-state index contributed by atoms with van der Waals surface area (Å²) in [7, 11) is 0. The second-order valence-electron chi connectivity index (χ2n) is 4.58. The SMILES string of the molecule is CCCN(CCOc1c(Cl)cc(Cl)cc1Cl)C(=O)O.c1c[nH]cn1. The third kappa shape index (κ3) is 7.29. The highest BCUT2D eigenvalue weighted by atomic mass is 35.5. The number of nitrogens with one attached hydrogen (secondary N) is 1. The van der Waals surface area contributed by atoms with Gasteiger partial charge in [0.05, 0.1) is 22.9 Å². The van der Waals surface area contributed by atoms with Gasteiger partial charge in [-0.2, -0.15) is 0 Å². The van der Waals surface area contributed by atoms with Crippen LogP contribution in [0.3, 0.4) is 0 Å². The highest BCUT2D eigenvalue weighted by Gasteiger charge is 2.13. The summed E-state index contributed by atoms with van der Waals surface area (Å²) in [5, 5.41) is 9.97. The van der Waals surface area contributed by atoms with E-state index in [1.807, 2.05) is 6.92 Å². The number of H-pyrrole nitrogens is 1. The average molecular weight is 395 g/mol. The van der Waals surface area contributed by atoms with Crippen LogP contribution in [0.1, 0.15) is 13.3 Å².